The SMILES string of the molecule is O=C(NC[C@@H]1CN[C@H](C(=O)N2CCSC2)C1)c1ccco1. The van der Waals surface area contributed by atoms with Crippen molar-refractivity contribution in [3.8, 4) is 0 Å². The lowest BCUT2D eigenvalue weighted by Crippen LogP contribution is -2.42. The predicted octanol–water partition coefficient (Wildman–Crippen LogP) is 0.520. The molecule has 1 aromatic rings. The molecule has 0 radical (unpaired) electrons. The summed E-state index contributed by atoms with van der Waals surface area (Å²) < 4.78 is 5.05. The van der Waals surface area contributed by atoms with Crippen LogP contribution in [0.1, 0.15) is 17.0 Å². The Kier molecular flexibility index (Phi) is 4.50. The van der Waals surface area contributed by atoms with Gasteiger partial charge < -0.3 is 20.0 Å². The first-order valence-electron chi connectivity index (χ1n) is 7.15. The Morgan fingerprint density at radius 2 is 2.43 bits per heavy atom. The van der Waals surface area contributed by atoms with E-state index in [-0.39, 0.29) is 23.8 Å². The van der Waals surface area contributed by atoms with Gasteiger partial charge in [-0.25, -0.2) is 0 Å². The molecule has 2 aliphatic rings. The summed E-state index contributed by atoms with van der Waals surface area (Å²) in [4.78, 5) is 26.0. The lowest BCUT2D eigenvalue weighted by atomic mass is 10.0. The average Bonchev–Trinajstić information content (AvgIpc) is 3.26. The molecule has 2 saturated heterocycles. The zero-order valence-corrected chi connectivity index (χ0v) is 12.5. The maximum atomic E-state index is 12.3. The van der Waals surface area contributed by atoms with E-state index in [1.54, 1.807) is 23.9 Å². The Balaban J connectivity index is 1.44. The second-order valence-corrected chi connectivity index (χ2v) is 6.46. The number of furan rings is 1. The van der Waals surface area contributed by atoms with Gasteiger partial charge in [0.2, 0.25) is 5.91 Å². The molecule has 2 amide bonds. The molecule has 7 heteroatoms. The summed E-state index contributed by atoms with van der Waals surface area (Å²) >= 11 is 1.79. The van der Waals surface area contributed by atoms with Crippen LogP contribution >= 0.6 is 11.8 Å². The largest absolute Gasteiger partial charge is 0.459 e. The van der Waals surface area contributed by atoms with E-state index in [9.17, 15) is 9.59 Å². The Morgan fingerprint density at radius 3 is 3.14 bits per heavy atom. The first-order valence-corrected chi connectivity index (χ1v) is 8.31. The van der Waals surface area contributed by atoms with Gasteiger partial charge in [0.05, 0.1) is 18.2 Å². The zero-order chi connectivity index (χ0) is 14.7. The van der Waals surface area contributed by atoms with E-state index >= 15 is 0 Å². The van der Waals surface area contributed by atoms with Crippen molar-refractivity contribution in [3.05, 3.63) is 24.2 Å². The van der Waals surface area contributed by atoms with Crippen LogP contribution in [-0.4, -0.2) is 54.0 Å². The number of thioether (sulfide) groups is 1. The van der Waals surface area contributed by atoms with Crippen molar-refractivity contribution in [3.63, 3.8) is 0 Å². The van der Waals surface area contributed by atoms with E-state index in [2.05, 4.69) is 10.6 Å². The second kappa shape index (κ2) is 6.53. The van der Waals surface area contributed by atoms with Crippen LogP contribution in [0.25, 0.3) is 0 Å². The van der Waals surface area contributed by atoms with Crippen molar-refractivity contribution < 1.29 is 14.0 Å². The lowest BCUT2D eigenvalue weighted by molar-refractivity contribution is -0.131. The number of hydrogen-bond acceptors (Lipinski definition) is 5. The Labute approximate surface area is 127 Å². The summed E-state index contributed by atoms with van der Waals surface area (Å²) in [5.41, 5.74) is 0. The fraction of sp³-hybridized carbons (Fsp3) is 0.571. The summed E-state index contributed by atoms with van der Waals surface area (Å²) in [6, 6.07) is 3.23. The van der Waals surface area contributed by atoms with Gasteiger partial charge in [-0.2, -0.15) is 0 Å². The minimum atomic E-state index is -0.203. The van der Waals surface area contributed by atoms with Crippen molar-refractivity contribution in [1.82, 2.24) is 15.5 Å². The van der Waals surface area contributed by atoms with Crippen LogP contribution in [0.15, 0.2) is 22.8 Å². The summed E-state index contributed by atoms with van der Waals surface area (Å²) in [6.07, 6.45) is 2.26. The van der Waals surface area contributed by atoms with Gasteiger partial charge in [-0.15, -0.1) is 11.8 Å². The summed E-state index contributed by atoms with van der Waals surface area (Å²) in [5.74, 6) is 2.43. The van der Waals surface area contributed by atoms with Crippen LogP contribution in [0, 0.1) is 5.92 Å². The number of rotatable bonds is 4. The smallest absolute Gasteiger partial charge is 0.286 e. The van der Waals surface area contributed by atoms with Gasteiger partial charge in [0, 0.05) is 25.4 Å². The monoisotopic (exact) mass is 309 g/mol. The molecule has 0 saturated carbocycles. The topological polar surface area (TPSA) is 74.6 Å². The third kappa shape index (κ3) is 3.41. The van der Waals surface area contributed by atoms with E-state index in [0.717, 1.165) is 31.1 Å². The first-order chi connectivity index (χ1) is 10.2. The fourth-order valence-corrected chi connectivity index (χ4v) is 3.65. The van der Waals surface area contributed by atoms with Gasteiger partial charge in [-0.1, -0.05) is 0 Å². The quantitative estimate of drug-likeness (QED) is 0.848. The summed E-state index contributed by atoms with van der Waals surface area (Å²) in [7, 11) is 0. The minimum absolute atomic E-state index is 0.103. The number of nitrogens with one attached hydrogen (secondary N) is 2. The standard InChI is InChI=1S/C14H19N3O3S/c18-13(12-2-1-4-20-12)16-8-10-6-11(15-7-10)14(19)17-3-5-21-9-17/h1-2,4,10-11,15H,3,5-9H2,(H,16,18)/t10-,11-/m0/s1. The molecule has 2 fully saturated rings. The first kappa shape index (κ1) is 14.5. The molecule has 2 N–H and O–H groups in total. The van der Waals surface area contributed by atoms with Crippen molar-refractivity contribution in [1.29, 1.82) is 0 Å². The third-order valence-electron chi connectivity index (χ3n) is 3.88. The highest BCUT2D eigenvalue weighted by atomic mass is 32.2. The molecule has 114 valence electrons. The van der Waals surface area contributed by atoms with Crippen LogP contribution in [0.3, 0.4) is 0 Å². The van der Waals surface area contributed by atoms with Gasteiger partial charge in [-0.3, -0.25) is 9.59 Å². The van der Waals surface area contributed by atoms with E-state index in [1.165, 1.54) is 6.26 Å². The molecule has 0 spiro atoms. The summed E-state index contributed by atoms with van der Waals surface area (Å²) in [5, 5.41) is 6.12. The van der Waals surface area contributed by atoms with Gasteiger partial charge in [-0.05, 0) is 24.5 Å². The molecule has 0 aromatic carbocycles. The fourth-order valence-electron chi connectivity index (χ4n) is 2.69. The van der Waals surface area contributed by atoms with Crippen LogP contribution in [0.2, 0.25) is 0 Å². The Morgan fingerprint density at radius 1 is 1.52 bits per heavy atom. The molecule has 1 aromatic heterocycles. The minimum Gasteiger partial charge on any atom is -0.459 e. The number of amides is 2. The highest BCUT2D eigenvalue weighted by Crippen LogP contribution is 2.20. The molecule has 0 aliphatic carbocycles. The van der Waals surface area contributed by atoms with Gasteiger partial charge in [0.1, 0.15) is 0 Å². The molecule has 2 atom stereocenters. The zero-order valence-electron chi connectivity index (χ0n) is 11.7. The Bertz CT molecular complexity index is 500. The van der Waals surface area contributed by atoms with Crippen LogP contribution in [0.4, 0.5) is 0 Å². The molecular weight excluding hydrogens is 290 g/mol. The van der Waals surface area contributed by atoms with Gasteiger partial charge >= 0.3 is 0 Å². The molecular formula is C14H19N3O3S. The average molecular weight is 309 g/mol. The van der Waals surface area contributed by atoms with Crippen molar-refractivity contribution in [2.24, 2.45) is 5.92 Å². The van der Waals surface area contributed by atoms with Crippen molar-refractivity contribution in [2.75, 3.05) is 31.3 Å². The molecule has 3 heterocycles. The lowest BCUT2D eigenvalue weighted by Gasteiger charge is -2.19. The number of carbonyl (C=O) groups excluding carboxylic acids is 2. The van der Waals surface area contributed by atoms with Crippen molar-refractivity contribution in [2.45, 2.75) is 12.5 Å². The molecule has 0 unspecified atom stereocenters. The second-order valence-electron chi connectivity index (χ2n) is 5.39. The summed E-state index contributed by atoms with van der Waals surface area (Å²) in [6.45, 7) is 2.17. The molecule has 0 bridgehead atoms. The highest BCUT2D eigenvalue weighted by molar-refractivity contribution is 7.99. The Hall–Kier alpha value is -1.47. The molecule has 3 rings (SSSR count). The maximum absolute atomic E-state index is 12.3. The molecule has 21 heavy (non-hydrogen) atoms. The van der Waals surface area contributed by atoms with Crippen LogP contribution < -0.4 is 10.6 Å². The van der Waals surface area contributed by atoms with E-state index in [0.29, 0.717) is 12.3 Å². The van der Waals surface area contributed by atoms with Crippen LogP contribution in [-0.2, 0) is 4.79 Å². The predicted molar refractivity (Wildman–Crippen MR) is 80.0 cm³/mol. The van der Waals surface area contributed by atoms with E-state index < -0.39 is 0 Å². The normalized spacial score (nSPS) is 25.2. The highest BCUT2D eigenvalue weighted by Gasteiger charge is 2.33. The van der Waals surface area contributed by atoms with E-state index in [1.807, 2.05) is 4.90 Å². The molecule has 6 nitrogen and oxygen atoms in total. The van der Waals surface area contributed by atoms with Crippen molar-refractivity contribution >= 4 is 23.6 Å². The van der Waals surface area contributed by atoms with Gasteiger partial charge in [0.15, 0.2) is 5.76 Å². The van der Waals surface area contributed by atoms with Gasteiger partial charge in [0.25, 0.3) is 5.91 Å². The van der Waals surface area contributed by atoms with Crippen LogP contribution in [0.5, 0.6) is 0 Å². The van der Waals surface area contributed by atoms with E-state index in [4.69, 9.17) is 4.42 Å². The molecule has 2 aliphatic heterocycles. The number of carbonyl (C=O) groups is 2. The number of hydrogen-bond donors (Lipinski definition) is 2. The third-order valence-corrected chi connectivity index (χ3v) is 4.85. The maximum Gasteiger partial charge on any atom is 0.286 e. The number of nitrogens with zero attached hydrogens (tertiary/aromatic N) is 1.